The van der Waals surface area contributed by atoms with Crippen molar-refractivity contribution in [1.29, 1.82) is 0 Å². The maximum absolute atomic E-state index is 12.9. The summed E-state index contributed by atoms with van der Waals surface area (Å²) < 4.78 is 38.7. The lowest BCUT2D eigenvalue weighted by Gasteiger charge is -2.15. The van der Waals surface area contributed by atoms with Crippen LogP contribution >= 0.6 is 23.2 Å². The van der Waals surface area contributed by atoms with Crippen molar-refractivity contribution in [2.75, 3.05) is 5.32 Å². The van der Waals surface area contributed by atoms with Gasteiger partial charge in [-0.15, -0.1) is 0 Å². The number of carbonyl (C=O) groups excluding carboxylic acids is 1. The molecule has 0 aliphatic heterocycles. The van der Waals surface area contributed by atoms with Crippen LogP contribution < -0.4 is 5.32 Å². The number of amides is 1. The number of pyridine rings is 1. The molecule has 0 unspecified atom stereocenters. The summed E-state index contributed by atoms with van der Waals surface area (Å²) in [5, 5.41) is 2.11. The fraction of sp³-hybridized carbons (Fsp3) is 0.0769. The normalized spacial score (nSPS) is 11.3. The average molecular weight is 335 g/mol. The number of nitrogens with one attached hydrogen (secondary N) is 1. The zero-order valence-corrected chi connectivity index (χ0v) is 11.7. The molecule has 0 fully saturated rings. The Morgan fingerprint density at radius 2 is 1.86 bits per heavy atom. The molecule has 0 aliphatic carbocycles. The standard InChI is InChI=1S/C13H7Cl2F3N2O/c14-9-3-1-2-8(13(16,17)18)11(9)20-12(21)7-4-5-10(15)19-6-7/h1-6H,(H,20,21). The van der Waals surface area contributed by atoms with Gasteiger partial charge < -0.3 is 5.32 Å². The fourth-order valence-electron chi connectivity index (χ4n) is 1.58. The zero-order chi connectivity index (χ0) is 15.6. The lowest BCUT2D eigenvalue weighted by atomic mass is 10.1. The summed E-state index contributed by atoms with van der Waals surface area (Å²) in [6, 6.07) is 5.95. The van der Waals surface area contributed by atoms with Crippen molar-refractivity contribution in [2.45, 2.75) is 6.18 Å². The molecular weight excluding hydrogens is 328 g/mol. The predicted molar refractivity (Wildman–Crippen MR) is 73.7 cm³/mol. The molecule has 1 N–H and O–H groups in total. The van der Waals surface area contributed by atoms with E-state index in [-0.39, 0.29) is 15.7 Å². The second-order valence-electron chi connectivity index (χ2n) is 3.98. The molecule has 110 valence electrons. The van der Waals surface area contributed by atoms with E-state index in [2.05, 4.69) is 10.3 Å². The second kappa shape index (κ2) is 5.91. The first kappa shape index (κ1) is 15.6. The minimum Gasteiger partial charge on any atom is -0.320 e. The van der Waals surface area contributed by atoms with E-state index in [0.29, 0.717) is 0 Å². The zero-order valence-electron chi connectivity index (χ0n) is 10.2. The highest BCUT2D eigenvalue weighted by Gasteiger charge is 2.34. The maximum atomic E-state index is 12.9. The lowest BCUT2D eigenvalue weighted by molar-refractivity contribution is -0.136. The summed E-state index contributed by atoms with van der Waals surface area (Å²) in [6.45, 7) is 0. The number of aromatic nitrogens is 1. The van der Waals surface area contributed by atoms with Gasteiger partial charge in [0, 0.05) is 6.20 Å². The molecular formula is C13H7Cl2F3N2O. The summed E-state index contributed by atoms with van der Waals surface area (Å²) in [5.74, 6) is -0.766. The predicted octanol–water partition coefficient (Wildman–Crippen LogP) is 4.66. The van der Waals surface area contributed by atoms with E-state index in [0.717, 1.165) is 18.3 Å². The van der Waals surface area contributed by atoms with Gasteiger partial charge in [0.15, 0.2) is 0 Å². The molecule has 3 nitrogen and oxygen atoms in total. The Bertz CT molecular complexity index is 672. The van der Waals surface area contributed by atoms with Crippen LogP contribution in [0, 0.1) is 0 Å². The van der Waals surface area contributed by atoms with Gasteiger partial charge in [-0.25, -0.2) is 4.98 Å². The van der Waals surface area contributed by atoms with E-state index in [1.165, 1.54) is 18.2 Å². The van der Waals surface area contributed by atoms with Gasteiger partial charge in [-0.1, -0.05) is 29.3 Å². The van der Waals surface area contributed by atoms with Crippen molar-refractivity contribution in [3.63, 3.8) is 0 Å². The highest BCUT2D eigenvalue weighted by atomic mass is 35.5. The number of rotatable bonds is 2. The summed E-state index contributed by atoms with van der Waals surface area (Å²) in [5.41, 5.74) is -1.45. The molecule has 0 spiro atoms. The molecule has 1 aromatic heterocycles. The topological polar surface area (TPSA) is 42.0 Å². The van der Waals surface area contributed by atoms with Crippen LogP contribution in [0.25, 0.3) is 0 Å². The molecule has 1 heterocycles. The SMILES string of the molecule is O=C(Nc1c(Cl)cccc1C(F)(F)F)c1ccc(Cl)nc1. The Hall–Kier alpha value is -1.79. The summed E-state index contributed by atoms with van der Waals surface area (Å²) >= 11 is 11.3. The summed E-state index contributed by atoms with van der Waals surface area (Å²) in [7, 11) is 0. The lowest BCUT2D eigenvalue weighted by Crippen LogP contribution is -2.17. The number of alkyl halides is 3. The monoisotopic (exact) mass is 334 g/mol. The summed E-state index contributed by atoms with van der Waals surface area (Å²) in [4.78, 5) is 15.6. The second-order valence-corrected chi connectivity index (χ2v) is 4.78. The molecule has 0 saturated carbocycles. The minimum absolute atomic E-state index is 0.0624. The number of hydrogen-bond acceptors (Lipinski definition) is 2. The van der Waals surface area contributed by atoms with E-state index >= 15 is 0 Å². The van der Waals surface area contributed by atoms with Crippen molar-refractivity contribution in [1.82, 2.24) is 4.98 Å². The first-order valence-electron chi connectivity index (χ1n) is 5.57. The van der Waals surface area contributed by atoms with Crippen molar-refractivity contribution >= 4 is 34.8 Å². The van der Waals surface area contributed by atoms with Crippen molar-refractivity contribution in [3.05, 3.63) is 57.8 Å². The number of hydrogen-bond donors (Lipinski definition) is 1. The fourth-order valence-corrected chi connectivity index (χ4v) is 1.92. The van der Waals surface area contributed by atoms with E-state index in [1.807, 2.05) is 0 Å². The quantitative estimate of drug-likeness (QED) is 0.811. The number of carbonyl (C=O) groups is 1. The van der Waals surface area contributed by atoms with Crippen LogP contribution in [0.2, 0.25) is 10.2 Å². The van der Waals surface area contributed by atoms with Gasteiger partial charge in [0.25, 0.3) is 5.91 Å². The van der Waals surface area contributed by atoms with E-state index in [1.54, 1.807) is 0 Å². The van der Waals surface area contributed by atoms with Crippen molar-refractivity contribution in [3.8, 4) is 0 Å². The Morgan fingerprint density at radius 1 is 1.14 bits per heavy atom. The largest absolute Gasteiger partial charge is 0.418 e. The molecule has 0 aliphatic rings. The van der Waals surface area contributed by atoms with Gasteiger partial charge in [0.2, 0.25) is 0 Å². The Labute approximate surface area is 127 Å². The average Bonchev–Trinajstić information content (AvgIpc) is 2.40. The van der Waals surface area contributed by atoms with Gasteiger partial charge in [-0.2, -0.15) is 13.2 Å². The third kappa shape index (κ3) is 3.65. The molecule has 0 bridgehead atoms. The van der Waals surface area contributed by atoms with E-state index in [4.69, 9.17) is 23.2 Å². The van der Waals surface area contributed by atoms with Crippen LogP contribution in [-0.2, 0) is 6.18 Å². The molecule has 1 aromatic carbocycles. The molecule has 0 saturated heterocycles. The van der Waals surface area contributed by atoms with Crippen LogP contribution in [0.5, 0.6) is 0 Å². The molecule has 1 amide bonds. The van der Waals surface area contributed by atoms with Crippen LogP contribution in [0.1, 0.15) is 15.9 Å². The number of anilines is 1. The molecule has 2 rings (SSSR count). The Kier molecular flexibility index (Phi) is 4.39. The third-order valence-electron chi connectivity index (χ3n) is 2.55. The first-order valence-corrected chi connectivity index (χ1v) is 6.33. The Morgan fingerprint density at radius 3 is 2.43 bits per heavy atom. The van der Waals surface area contributed by atoms with Crippen molar-refractivity contribution < 1.29 is 18.0 Å². The van der Waals surface area contributed by atoms with E-state index in [9.17, 15) is 18.0 Å². The number of para-hydroxylation sites is 1. The van der Waals surface area contributed by atoms with Gasteiger partial charge in [0.1, 0.15) is 5.15 Å². The smallest absolute Gasteiger partial charge is 0.320 e. The van der Waals surface area contributed by atoms with Crippen LogP contribution in [0.3, 0.4) is 0 Å². The number of halogens is 5. The number of benzene rings is 1. The van der Waals surface area contributed by atoms with Crippen LogP contribution in [0.15, 0.2) is 36.5 Å². The minimum atomic E-state index is -4.63. The highest BCUT2D eigenvalue weighted by Crippen LogP contribution is 2.38. The summed E-state index contributed by atoms with van der Waals surface area (Å²) in [6.07, 6.45) is -3.48. The van der Waals surface area contributed by atoms with Gasteiger partial charge in [-0.3, -0.25) is 4.79 Å². The first-order chi connectivity index (χ1) is 9.79. The number of nitrogens with zero attached hydrogens (tertiary/aromatic N) is 1. The molecule has 2 aromatic rings. The molecule has 0 atom stereocenters. The van der Waals surface area contributed by atoms with Gasteiger partial charge >= 0.3 is 6.18 Å². The van der Waals surface area contributed by atoms with Gasteiger partial charge in [0.05, 0.1) is 21.8 Å². The van der Waals surface area contributed by atoms with Crippen molar-refractivity contribution in [2.24, 2.45) is 0 Å². The van der Waals surface area contributed by atoms with Crippen LogP contribution in [-0.4, -0.2) is 10.9 Å². The maximum Gasteiger partial charge on any atom is 0.418 e. The molecule has 8 heteroatoms. The highest BCUT2D eigenvalue weighted by molar-refractivity contribution is 6.34. The Balaban J connectivity index is 2.35. The van der Waals surface area contributed by atoms with Gasteiger partial charge in [-0.05, 0) is 24.3 Å². The van der Waals surface area contributed by atoms with Crippen LogP contribution in [0.4, 0.5) is 18.9 Å². The third-order valence-corrected chi connectivity index (χ3v) is 3.09. The molecule has 21 heavy (non-hydrogen) atoms. The van der Waals surface area contributed by atoms with E-state index < -0.39 is 23.3 Å². The molecule has 0 radical (unpaired) electrons.